The summed E-state index contributed by atoms with van der Waals surface area (Å²) in [6.45, 7) is 1.67. The molecule has 220 valence electrons. The minimum Gasteiger partial charge on any atom is -0.493 e. The van der Waals surface area contributed by atoms with Crippen molar-refractivity contribution in [1.82, 2.24) is 5.32 Å². The number of carbonyl (C=O) groups excluding carboxylic acids is 4. The molecule has 3 N–H and O–H groups in total. The Bertz CT molecular complexity index is 1530. The average molecular weight is 582 g/mol. The van der Waals surface area contributed by atoms with Crippen LogP contribution >= 0.6 is 0 Å². The molecule has 0 bridgehead atoms. The summed E-state index contributed by atoms with van der Waals surface area (Å²) in [6, 6.07) is 8.27. The fourth-order valence-corrected chi connectivity index (χ4v) is 4.26. The molecule has 0 spiro atoms. The third kappa shape index (κ3) is 6.35. The highest BCUT2D eigenvalue weighted by Crippen LogP contribution is 2.40. The van der Waals surface area contributed by atoms with Gasteiger partial charge in [-0.3, -0.25) is 19.2 Å². The van der Waals surface area contributed by atoms with Crippen molar-refractivity contribution in [3.63, 3.8) is 0 Å². The van der Waals surface area contributed by atoms with Crippen molar-refractivity contribution < 1.29 is 47.3 Å². The first-order valence-corrected chi connectivity index (χ1v) is 12.5. The van der Waals surface area contributed by atoms with E-state index in [1.54, 1.807) is 13.0 Å². The lowest BCUT2D eigenvalue weighted by atomic mass is 10.1. The third-order valence-electron chi connectivity index (χ3n) is 6.26. The Morgan fingerprint density at radius 1 is 0.905 bits per heavy atom. The Hall–Kier alpha value is -5.33. The number of carbonyl (C=O) groups is 4. The van der Waals surface area contributed by atoms with Crippen LogP contribution in [-0.4, -0.2) is 58.2 Å². The molecule has 12 nitrogen and oxygen atoms in total. The van der Waals surface area contributed by atoms with Gasteiger partial charge in [0.15, 0.2) is 17.2 Å². The summed E-state index contributed by atoms with van der Waals surface area (Å²) in [7, 11) is 5.39. The van der Waals surface area contributed by atoms with Crippen molar-refractivity contribution in [3.8, 4) is 28.7 Å². The van der Waals surface area contributed by atoms with E-state index in [2.05, 4.69) is 20.7 Å². The summed E-state index contributed by atoms with van der Waals surface area (Å²) in [6.07, 6.45) is -0.404. The van der Waals surface area contributed by atoms with Gasteiger partial charge in [0.1, 0.15) is 17.6 Å². The van der Waals surface area contributed by atoms with Crippen LogP contribution in [-0.2, 0) is 14.3 Å². The van der Waals surface area contributed by atoms with Crippen LogP contribution in [0, 0.1) is 12.7 Å². The van der Waals surface area contributed by atoms with Gasteiger partial charge in [-0.2, -0.15) is 0 Å². The first-order valence-electron chi connectivity index (χ1n) is 12.5. The molecule has 3 aromatic carbocycles. The van der Waals surface area contributed by atoms with Crippen LogP contribution in [0.3, 0.4) is 0 Å². The minimum absolute atomic E-state index is 0.0235. The zero-order valence-electron chi connectivity index (χ0n) is 23.4. The number of anilines is 2. The Morgan fingerprint density at radius 3 is 2.19 bits per heavy atom. The molecule has 3 aromatic rings. The molecule has 13 heteroatoms. The van der Waals surface area contributed by atoms with Crippen molar-refractivity contribution in [1.29, 1.82) is 0 Å². The predicted octanol–water partition coefficient (Wildman–Crippen LogP) is 3.82. The van der Waals surface area contributed by atoms with Gasteiger partial charge in [-0.05, 0) is 48.9 Å². The predicted molar refractivity (Wildman–Crippen MR) is 148 cm³/mol. The molecular formula is C29H28FN3O9. The first kappa shape index (κ1) is 29.6. The molecule has 0 fully saturated rings. The maximum Gasteiger partial charge on any atom is 0.308 e. The van der Waals surface area contributed by atoms with Crippen molar-refractivity contribution in [3.05, 3.63) is 65.0 Å². The van der Waals surface area contributed by atoms with Gasteiger partial charge in [0.2, 0.25) is 11.7 Å². The SMILES string of the molecule is COC(=O)C[C@@H]1NC(=O)c2cc(Oc3cc(C)cc(F)c3)c(NC(=O)c3cc(OC)c(OC)c(OC)c3)cc2NC1=O. The summed E-state index contributed by atoms with van der Waals surface area (Å²) < 4.78 is 40.7. The molecule has 0 unspecified atom stereocenters. The molecule has 1 heterocycles. The Kier molecular flexibility index (Phi) is 8.79. The van der Waals surface area contributed by atoms with Crippen LogP contribution in [0.15, 0.2) is 42.5 Å². The molecule has 1 atom stereocenters. The van der Waals surface area contributed by atoms with E-state index in [0.717, 1.165) is 13.2 Å². The first-order chi connectivity index (χ1) is 20.1. The summed E-state index contributed by atoms with van der Waals surface area (Å²) >= 11 is 0. The maximum atomic E-state index is 14.1. The number of amides is 3. The van der Waals surface area contributed by atoms with Crippen LogP contribution in [0.2, 0.25) is 0 Å². The highest BCUT2D eigenvalue weighted by Gasteiger charge is 2.31. The summed E-state index contributed by atoms with van der Waals surface area (Å²) in [4.78, 5) is 51.2. The van der Waals surface area contributed by atoms with E-state index in [-0.39, 0.29) is 51.2 Å². The molecule has 1 aliphatic heterocycles. The van der Waals surface area contributed by atoms with Crippen LogP contribution < -0.4 is 34.9 Å². The van der Waals surface area contributed by atoms with E-state index in [4.69, 9.17) is 18.9 Å². The van der Waals surface area contributed by atoms with Crippen molar-refractivity contribution in [2.24, 2.45) is 0 Å². The fraction of sp³-hybridized carbons (Fsp3) is 0.241. The number of methoxy groups -OCH3 is 4. The Labute approximate surface area is 240 Å². The van der Waals surface area contributed by atoms with Crippen molar-refractivity contribution in [2.75, 3.05) is 39.1 Å². The lowest BCUT2D eigenvalue weighted by Crippen LogP contribution is -2.42. The summed E-state index contributed by atoms with van der Waals surface area (Å²) in [5.41, 5.74) is 0.733. The maximum absolute atomic E-state index is 14.1. The van der Waals surface area contributed by atoms with E-state index >= 15 is 0 Å². The summed E-state index contributed by atoms with van der Waals surface area (Å²) in [5, 5.41) is 7.78. The molecule has 0 aliphatic carbocycles. The number of nitrogens with one attached hydrogen (secondary N) is 3. The van der Waals surface area contributed by atoms with E-state index < -0.39 is 42.0 Å². The van der Waals surface area contributed by atoms with E-state index in [1.165, 1.54) is 51.7 Å². The Balaban J connectivity index is 1.78. The van der Waals surface area contributed by atoms with E-state index in [0.29, 0.717) is 5.56 Å². The van der Waals surface area contributed by atoms with Crippen LogP contribution in [0.4, 0.5) is 15.8 Å². The standard InChI is InChI=1S/C29H28FN3O9/c1-14-6-16(30)10-17(7-14)42-22-11-18-19(31-29(37)21(33-28(18)36)13-25(34)40-4)12-20(22)32-27(35)15-8-23(38-2)26(41-5)24(9-15)39-3/h6-12,21H,13H2,1-5H3,(H,31,37)(H,32,35)(H,33,36)/t21-/m0/s1. The minimum atomic E-state index is -1.22. The molecule has 4 rings (SSSR count). The third-order valence-corrected chi connectivity index (χ3v) is 6.26. The normalized spacial score (nSPS) is 14.0. The van der Waals surface area contributed by atoms with Crippen LogP contribution in [0.25, 0.3) is 0 Å². The Morgan fingerprint density at radius 2 is 1.60 bits per heavy atom. The number of hydrogen-bond donors (Lipinski definition) is 3. The topological polar surface area (TPSA) is 151 Å². The number of benzene rings is 3. The lowest BCUT2D eigenvalue weighted by molar-refractivity contribution is -0.142. The van der Waals surface area contributed by atoms with Gasteiger partial charge in [0.25, 0.3) is 11.8 Å². The molecule has 1 aliphatic rings. The van der Waals surface area contributed by atoms with Crippen LogP contribution in [0.1, 0.15) is 32.7 Å². The zero-order chi connectivity index (χ0) is 30.6. The monoisotopic (exact) mass is 581 g/mol. The zero-order valence-corrected chi connectivity index (χ0v) is 23.4. The molecule has 42 heavy (non-hydrogen) atoms. The number of rotatable bonds is 9. The largest absolute Gasteiger partial charge is 0.493 e. The van der Waals surface area contributed by atoms with Gasteiger partial charge in [-0.25, -0.2) is 4.39 Å². The molecule has 0 aromatic heterocycles. The van der Waals surface area contributed by atoms with Crippen molar-refractivity contribution in [2.45, 2.75) is 19.4 Å². The van der Waals surface area contributed by atoms with E-state index in [9.17, 15) is 23.6 Å². The van der Waals surface area contributed by atoms with Crippen LogP contribution in [0.5, 0.6) is 28.7 Å². The number of esters is 1. The lowest BCUT2D eigenvalue weighted by Gasteiger charge is -2.17. The second-order valence-electron chi connectivity index (χ2n) is 9.12. The second kappa shape index (κ2) is 12.5. The number of fused-ring (bicyclic) bond motifs is 1. The van der Waals surface area contributed by atoms with E-state index in [1.807, 2.05) is 0 Å². The second-order valence-corrected chi connectivity index (χ2v) is 9.12. The fourth-order valence-electron chi connectivity index (χ4n) is 4.26. The highest BCUT2D eigenvalue weighted by molar-refractivity contribution is 6.13. The van der Waals surface area contributed by atoms with Gasteiger partial charge in [0.05, 0.1) is 51.8 Å². The highest BCUT2D eigenvalue weighted by atomic mass is 19.1. The quantitative estimate of drug-likeness (QED) is 0.321. The number of halogens is 1. The smallest absolute Gasteiger partial charge is 0.308 e. The molecular weight excluding hydrogens is 553 g/mol. The number of ether oxygens (including phenoxy) is 5. The van der Waals surface area contributed by atoms with Gasteiger partial charge in [-0.1, -0.05) is 0 Å². The van der Waals surface area contributed by atoms with Crippen molar-refractivity contribution >= 4 is 35.1 Å². The van der Waals surface area contributed by atoms with Gasteiger partial charge < -0.3 is 39.6 Å². The number of aryl methyl sites for hydroxylation is 1. The summed E-state index contributed by atoms with van der Waals surface area (Å²) in [5.74, 6) is -2.46. The van der Waals surface area contributed by atoms with Gasteiger partial charge in [0, 0.05) is 11.6 Å². The molecule has 0 radical (unpaired) electrons. The average Bonchev–Trinajstić information content (AvgIpc) is 3.06. The molecule has 3 amide bonds. The molecule has 0 saturated heterocycles. The molecule has 0 saturated carbocycles. The van der Waals surface area contributed by atoms with Gasteiger partial charge in [-0.15, -0.1) is 0 Å². The number of hydrogen-bond acceptors (Lipinski definition) is 9. The van der Waals surface area contributed by atoms with Gasteiger partial charge >= 0.3 is 5.97 Å².